The Balaban J connectivity index is 0. The predicted octanol–water partition coefficient (Wildman–Crippen LogP) is 0.450. The molecule has 0 spiro atoms. The number of rotatable bonds is 0. The van der Waals surface area contributed by atoms with E-state index in [1.165, 1.54) is 13.0 Å². The second kappa shape index (κ2) is 4.39. The van der Waals surface area contributed by atoms with Crippen LogP contribution in [0.15, 0.2) is 0 Å². The smallest absolute Gasteiger partial charge is 0.0581 e. The van der Waals surface area contributed by atoms with Crippen LogP contribution in [0, 0.1) is 0 Å². The molecule has 2 nitrogen and oxygen atoms in total. The van der Waals surface area contributed by atoms with E-state index in [1.807, 2.05) is 7.05 Å². The lowest BCUT2D eigenvalue weighted by atomic mass is 10.2. The Labute approximate surface area is 62.2 Å². The van der Waals surface area contributed by atoms with E-state index in [0.717, 1.165) is 0 Å². The fourth-order valence-corrected chi connectivity index (χ4v) is 0.536. The molecule has 4 heteroatoms. The molecule has 8 heavy (non-hydrogen) atoms. The summed E-state index contributed by atoms with van der Waals surface area (Å²) in [4.78, 5) is 2.12. The lowest BCUT2D eigenvalue weighted by Gasteiger charge is -2.34. The van der Waals surface area contributed by atoms with Crippen molar-refractivity contribution in [1.82, 2.24) is 4.90 Å². The molecule has 0 radical (unpaired) electrons. The van der Waals surface area contributed by atoms with Gasteiger partial charge in [0.15, 0.2) is 0 Å². The third-order valence-corrected chi connectivity index (χ3v) is 1.34. The van der Waals surface area contributed by atoms with Gasteiger partial charge in [-0.2, -0.15) is 0 Å². The topological polar surface area (TPSA) is 29.3 Å². The van der Waals surface area contributed by atoms with Crippen molar-refractivity contribution in [3.63, 3.8) is 0 Å². The molecule has 2 N–H and O–H groups in total. The average Bonchev–Trinajstić information content (AvgIpc) is 1.61. The third-order valence-electron chi connectivity index (χ3n) is 1.34. The van der Waals surface area contributed by atoms with E-state index in [9.17, 15) is 0 Å². The molecule has 0 amide bonds. The first kappa shape index (κ1) is 11.3. The Hall–Kier alpha value is 0.500. The molecule has 0 aromatic heterocycles. The quantitative estimate of drug-likeness (QED) is 0.556. The van der Waals surface area contributed by atoms with Crippen LogP contribution in [0.5, 0.6) is 0 Å². The van der Waals surface area contributed by atoms with Crippen LogP contribution in [0.1, 0.15) is 6.42 Å². The van der Waals surface area contributed by atoms with Crippen molar-refractivity contribution in [2.75, 3.05) is 13.6 Å². The van der Waals surface area contributed by atoms with E-state index in [0.29, 0.717) is 6.17 Å². The Morgan fingerprint density at radius 3 is 1.88 bits per heavy atom. The molecule has 1 atom stereocenters. The largest absolute Gasteiger partial charge is 0.316 e. The maximum atomic E-state index is 5.45. The Kier molecular flexibility index (Phi) is 6.20. The minimum atomic E-state index is 0. The zero-order valence-electron chi connectivity index (χ0n) is 4.83. The normalized spacial score (nSPS) is 27.0. The highest BCUT2D eigenvalue weighted by molar-refractivity contribution is 5.85. The van der Waals surface area contributed by atoms with Crippen molar-refractivity contribution < 1.29 is 0 Å². The summed E-state index contributed by atoms with van der Waals surface area (Å²) in [6, 6.07) is 0. The number of hydrogen-bond donors (Lipinski definition) is 1. The van der Waals surface area contributed by atoms with Gasteiger partial charge < -0.3 is 5.73 Å². The molecule has 1 saturated heterocycles. The molecular formula is C4H12Cl2N2. The number of nitrogens with zero attached hydrogens (tertiary/aromatic N) is 1. The van der Waals surface area contributed by atoms with E-state index in [1.54, 1.807) is 0 Å². The van der Waals surface area contributed by atoms with Crippen LogP contribution in [0.3, 0.4) is 0 Å². The number of nitrogens with two attached hydrogens (primary N) is 1. The van der Waals surface area contributed by atoms with Gasteiger partial charge in [0.1, 0.15) is 0 Å². The standard InChI is InChI=1S/C4H10N2.2ClH/c1-6-3-2-4(6)5;;/h4H,2-3,5H2,1H3;2*1H. The maximum Gasteiger partial charge on any atom is 0.0581 e. The Morgan fingerprint density at radius 2 is 1.88 bits per heavy atom. The van der Waals surface area contributed by atoms with Crippen molar-refractivity contribution in [1.29, 1.82) is 0 Å². The molecule has 1 unspecified atom stereocenters. The first-order valence-electron chi connectivity index (χ1n) is 2.26. The number of likely N-dealkylation sites (tertiary alicyclic amines) is 1. The summed E-state index contributed by atoms with van der Waals surface area (Å²) in [7, 11) is 2.04. The van der Waals surface area contributed by atoms with Crippen LogP contribution in [-0.4, -0.2) is 24.7 Å². The zero-order chi connectivity index (χ0) is 4.57. The Morgan fingerprint density at radius 1 is 1.50 bits per heavy atom. The van der Waals surface area contributed by atoms with E-state index < -0.39 is 0 Å². The summed E-state index contributed by atoms with van der Waals surface area (Å²) in [5.41, 5.74) is 5.45. The molecule has 0 saturated carbocycles. The highest BCUT2D eigenvalue weighted by Crippen LogP contribution is 2.06. The summed E-state index contributed by atoms with van der Waals surface area (Å²) in [5, 5.41) is 0. The highest BCUT2D eigenvalue weighted by atomic mass is 35.5. The van der Waals surface area contributed by atoms with Crippen LogP contribution < -0.4 is 5.73 Å². The van der Waals surface area contributed by atoms with Gasteiger partial charge in [0, 0.05) is 6.54 Å². The van der Waals surface area contributed by atoms with Gasteiger partial charge in [-0.25, -0.2) is 0 Å². The lowest BCUT2D eigenvalue weighted by Crippen LogP contribution is -2.50. The summed E-state index contributed by atoms with van der Waals surface area (Å²) in [5.74, 6) is 0. The predicted molar refractivity (Wildman–Crippen MR) is 39.7 cm³/mol. The van der Waals surface area contributed by atoms with Crippen LogP contribution in [0.25, 0.3) is 0 Å². The summed E-state index contributed by atoms with van der Waals surface area (Å²) in [6.07, 6.45) is 1.54. The van der Waals surface area contributed by atoms with Crippen molar-refractivity contribution in [2.45, 2.75) is 12.6 Å². The first-order valence-corrected chi connectivity index (χ1v) is 2.26. The molecule has 52 valence electrons. The van der Waals surface area contributed by atoms with Crippen LogP contribution >= 0.6 is 24.8 Å². The maximum absolute atomic E-state index is 5.45. The first-order chi connectivity index (χ1) is 2.80. The molecule has 0 bridgehead atoms. The highest BCUT2D eigenvalue weighted by Gasteiger charge is 2.17. The van der Waals surface area contributed by atoms with Gasteiger partial charge in [-0.15, -0.1) is 24.8 Å². The van der Waals surface area contributed by atoms with Crippen molar-refractivity contribution >= 4 is 24.8 Å². The van der Waals surface area contributed by atoms with E-state index in [-0.39, 0.29) is 24.8 Å². The molecular weight excluding hydrogens is 147 g/mol. The van der Waals surface area contributed by atoms with Crippen LogP contribution in [-0.2, 0) is 0 Å². The summed E-state index contributed by atoms with van der Waals surface area (Å²) >= 11 is 0. The second-order valence-electron chi connectivity index (χ2n) is 1.84. The summed E-state index contributed by atoms with van der Waals surface area (Å²) in [6.45, 7) is 1.18. The summed E-state index contributed by atoms with van der Waals surface area (Å²) < 4.78 is 0. The molecule has 1 rings (SSSR count). The number of hydrogen-bond acceptors (Lipinski definition) is 2. The molecule has 1 aliphatic heterocycles. The zero-order valence-corrected chi connectivity index (χ0v) is 6.47. The van der Waals surface area contributed by atoms with Crippen LogP contribution in [0.4, 0.5) is 0 Å². The van der Waals surface area contributed by atoms with Gasteiger partial charge in [0.25, 0.3) is 0 Å². The number of halogens is 2. The molecule has 0 aromatic rings. The van der Waals surface area contributed by atoms with E-state index in [4.69, 9.17) is 5.73 Å². The van der Waals surface area contributed by atoms with E-state index in [2.05, 4.69) is 4.90 Å². The fraction of sp³-hybridized carbons (Fsp3) is 1.00. The van der Waals surface area contributed by atoms with Gasteiger partial charge in [-0.3, -0.25) is 4.90 Å². The Bertz CT molecular complexity index is 52.0. The van der Waals surface area contributed by atoms with Crippen LogP contribution in [0.2, 0.25) is 0 Å². The fourth-order valence-electron chi connectivity index (χ4n) is 0.536. The molecule has 1 aliphatic rings. The van der Waals surface area contributed by atoms with Crippen molar-refractivity contribution in [3.8, 4) is 0 Å². The SMILES string of the molecule is CN1CCC1N.Cl.Cl. The second-order valence-corrected chi connectivity index (χ2v) is 1.84. The van der Waals surface area contributed by atoms with E-state index >= 15 is 0 Å². The molecule has 0 aliphatic carbocycles. The minimum Gasteiger partial charge on any atom is -0.316 e. The van der Waals surface area contributed by atoms with Crippen molar-refractivity contribution in [2.24, 2.45) is 5.73 Å². The molecule has 1 heterocycles. The average molecular weight is 159 g/mol. The molecule has 1 fully saturated rings. The monoisotopic (exact) mass is 158 g/mol. The third kappa shape index (κ3) is 2.18. The minimum absolute atomic E-state index is 0. The van der Waals surface area contributed by atoms with Gasteiger partial charge in [0.2, 0.25) is 0 Å². The van der Waals surface area contributed by atoms with Gasteiger partial charge in [-0.1, -0.05) is 0 Å². The van der Waals surface area contributed by atoms with Gasteiger partial charge in [0.05, 0.1) is 6.17 Å². The lowest BCUT2D eigenvalue weighted by molar-refractivity contribution is 0.132. The van der Waals surface area contributed by atoms with Gasteiger partial charge >= 0.3 is 0 Å². The van der Waals surface area contributed by atoms with Gasteiger partial charge in [-0.05, 0) is 13.5 Å². The van der Waals surface area contributed by atoms with Crippen molar-refractivity contribution in [3.05, 3.63) is 0 Å². The molecule has 0 aromatic carbocycles.